The Labute approximate surface area is 175 Å². The van der Waals surface area contributed by atoms with Crippen LogP contribution in [0.4, 0.5) is 5.69 Å². The summed E-state index contributed by atoms with van der Waals surface area (Å²) in [6.45, 7) is 15.0. The molecule has 29 heavy (non-hydrogen) atoms. The third-order valence-corrected chi connectivity index (χ3v) is 9.43. The van der Waals surface area contributed by atoms with Gasteiger partial charge in [-0.25, -0.2) is 0 Å². The lowest BCUT2D eigenvalue weighted by Gasteiger charge is -2.36. The minimum atomic E-state index is -1.75. The Hall–Kier alpha value is -2.52. The van der Waals surface area contributed by atoms with E-state index in [2.05, 4.69) is 55.7 Å². The van der Waals surface area contributed by atoms with Crippen molar-refractivity contribution >= 4 is 20.0 Å². The molecule has 1 atom stereocenters. The molecule has 0 bridgehead atoms. The zero-order valence-corrected chi connectivity index (χ0v) is 19.4. The standard InChI is InChI=1S/C22H31N3O3Si/c1-17(11-10-16-27-29(6,7)22(3,4)5)14-15-21(28-18(2)26)19-12-8-9-13-20(19)24-25-23/h8-9,11-13,21H,10,16H2,1-7H3/b17-11+. The smallest absolute Gasteiger partial charge is 0.304 e. The average Bonchev–Trinajstić information content (AvgIpc) is 2.62. The molecule has 156 valence electrons. The summed E-state index contributed by atoms with van der Waals surface area (Å²) >= 11 is 0. The first-order chi connectivity index (χ1) is 13.5. The van der Waals surface area contributed by atoms with E-state index in [-0.39, 0.29) is 5.04 Å². The Balaban J connectivity index is 2.90. The van der Waals surface area contributed by atoms with Gasteiger partial charge in [0.2, 0.25) is 0 Å². The summed E-state index contributed by atoms with van der Waals surface area (Å²) in [4.78, 5) is 14.3. The van der Waals surface area contributed by atoms with E-state index in [0.717, 1.165) is 12.0 Å². The van der Waals surface area contributed by atoms with Crippen LogP contribution in [0.3, 0.4) is 0 Å². The second-order valence-corrected chi connectivity index (χ2v) is 13.1. The topological polar surface area (TPSA) is 84.3 Å². The highest BCUT2D eigenvalue weighted by atomic mass is 28.4. The van der Waals surface area contributed by atoms with Gasteiger partial charge in [0.25, 0.3) is 0 Å². The van der Waals surface area contributed by atoms with Gasteiger partial charge in [0.05, 0.1) is 0 Å². The quantitative estimate of drug-likeness (QED) is 0.0960. The summed E-state index contributed by atoms with van der Waals surface area (Å²) in [5, 5.41) is 3.84. The molecule has 0 fully saturated rings. The molecular formula is C22H31N3O3Si. The lowest BCUT2D eigenvalue weighted by Crippen LogP contribution is -2.40. The zero-order chi connectivity index (χ0) is 22.1. The Morgan fingerprint density at radius 1 is 1.31 bits per heavy atom. The van der Waals surface area contributed by atoms with Crippen molar-refractivity contribution in [1.82, 2.24) is 0 Å². The molecule has 0 spiro atoms. The van der Waals surface area contributed by atoms with Gasteiger partial charge >= 0.3 is 5.97 Å². The summed E-state index contributed by atoms with van der Waals surface area (Å²) in [5.41, 5.74) is 10.6. The predicted octanol–water partition coefficient (Wildman–Crippen LogP) is 6.59. The van der Waals surface area contributed by atoms with Crippen molar-refractivity contribution in [3.8, 4) is 11.8 Å². The molecule has 0 N–H and O–H groups in total. The van der Waals surface area contributed by atoms with Crippen LogP contribution in [0.15, 0.2) is 41.0 Å². The van der Waals surface area contributed by atoms with Gasteiger partial charge < -0.3 is 9.16 Å². The molecule has 6 nitrogen and oxygen atoms in total. The number of esters is 1. The van der Waals surface area contributed by atoms with E-state index >= 15 is 0 Å². The number of carbonyl (C=O) groups is 1. The fourth-order valence-electron chi connectivity index (χ4n) is 2.22. The van der Waals surface area contributed by atoms with Gasteiger partial charge in [0, 0.05) is 29.7 Å². The SMILES string of the molecule is CC(=O)OC(C#C/C(C)=C/CCO[Si](C)(C)C(C)(C)C)c1ccccc1N=[N+]=[N-]. The third kappa shape index (κ3) is 8.16. The van der Waals surface area contributed by atoms with E-state index in [0.29, 0.717) is 17.9 Å². The molecule has 0 saturated carbocycles. The average molecular weight is 414 g/mol. The minimum Gasteiger partial charge on any atom is -0.444 e. The first-order valence-electron chi connectivity index (χ1n) is 9.61. The lowest BCUT2D eigenvalue weighted by molar-refractivity contribution is -0.144. The highest BCUT2D eigenvalue weighted by Crippen LogP contribution is 2.36. The Bertz CT molecular complexity index is 854. The molecular weight excluding hydrogens is 382 g/mol. The molecule has 1 unspecified atom stereocenters. The highest BCUT2D eigenvalue weighted by Gasteiger charge is 2.36. The molecule has 1 rings (SSSR count). The summed E-state index contributed by atoms with van der Waals surface area (Å²) < 4.78 is 11.5. The van der Waals surface area contributed by atoms with Crippen molar-refractivity contribution in [1.29, 1.82) is 0 Å². The molecule has 0 heterocycles. The van der Waals surface area contributed by atoms with Gasteiger partial charge in [-0.1, -0.05) is 62.1 Å². The fourth-order valence-corrected chi connectivity index (χ4v) is 3.28. The van der Waals surface area contributed by atoms with Crippen LogP contribution in [0.25, 0.3) is 10.4 Å². The van der Waals surface area contributed by atoms with Crippen molar-refractivity contribution in [3.05, 3.63) is 51.9 Å². The number of allylic oxidation sites excluding steroid dienone is 1. The van der Waals surface area contributed by atoms with Gasteiger partial charge in [-0.15, -0.1) is 0 Å². The van der Waals surface area contributed by atoms with Crippen LogP contribution < -0.4 is 0 Å². The van der Waals surface area contributed by atoms with Crippen molar-refractivity contribution in [3.63, 3.8) is 0 Å². The van der Waals surface area contributed by atoms with Crippen LogP contribution in [-0.2, 0) is 14.0 Å². The van der Waals surface area contributed by atoms with Gasteiger partial charge in [-0.3, -0.25) is 4.79 Å². The number of carbonyl (C=O) groups excluding carboxylic acids is 1. The van der Waals surface area contributed by atoms with Crippen LogP contribution in [0.5, 0.6) is 0 Å². The monoisotopic (exact) mass is 413 g/mol. The maximum Gasteiger partial charge on any atom is 0.304 e. The number of azide groups is 1. The Kier molecular flexibility index (Phi) is 9.19. The molecule has 0 aliphatic carbocycles. The van der Waals surface area contributed by atoms with Crippen LogP contribution >= 0.6 is 0 Å². The van der Waals surface area contributed by atoms with Crippen molar-refractivity contribution < 1.29 is 14.0 Å². The largest absolute Gasteiger partial charge is 0.444 e. The van der Waals surface area contributed by atoms with E-state index in [1.165, 1.54) is 6.92 Å². The van der Waals surface area contributed by atoms with Crippen molar-refractivity contribution in [2.45, 2.75) is 65.3 Å². The van der Waals surface area contributed by atoms with Crippen LogP contribution in [-0.4, -0.2) is 20.9 Å². The number of ether oxygens (including phenoxy) is 1. The lowest BCUT2D eigenvalue weighted by atomic mass is 10.1. The van der Waals surface area contributed by atoms with E-state index in [9.17, 15) is 4.79 Å². The Morgan fingerprint density at radius 3 is 2.55 bits per heavy atom. The third-order valence-electron chi connectivity index (χ3n) is 4.89. The highest BCUT2D eigenvalue weighted by molar-refractivity contribution is 6.74. The van der Waals surface area contributed by atoms with Crippen molar-refractivity contribution in [2.75, 3.05) is 6.61 Å². The van der Waals surface area contributed by atoms with Crippen LogP contribution in [0.1, 0.15) is 52.7 Å². The molecule has 7 heteroatoms. The van der Waals surface area contributed by atoms with E-state index in [4.69, 9.17) is 14.7 Å². The van der Waals surface area contributed by atoms with E-state index < -0.39 is 20.4 Å². The minimum absolute atomic E-state index is 0.183. The number of nitrogens with zero attached hydrogens (tertiary/aromatic N) is 3. The summed E-state index contributed by atoms with van der Waals surface area (Å²) in [6.07, 6.45) is 1.98. The predicted molar refractivity (Wildman–Crippen MR) is 119 cm³/mol. The number of hydrogen-bond acceptors (Lipinski definition) is 4. The Morgan fingerprint density at radius 2 is 1.97 bits per heavy atom. The molecule has 0 amide bonds. The first kappa shape index (κ1) is 24.5. The molecule has 0 radical (unpaired) electrons. The first-order valence-corrected chi connectivity index (χ1v) is 12.5. The second-order valence-electron chi connectivity index (χ2n) is 8.29. The van der Waals surface area contributed by atoms with Crippen LogP contribution in [0, 0.1) is 11.8 Å². The van der Waals surface area contributed by atoms with Gasteiger partial charge in [-0.2, -0.15) is 0 Å². The van der Waals surface area contributed by atoms with Gasteiger partial charge in [-0.05, 0) is 48.5 Å². The number of rotatable bonds is 7. The van der Waals surface area contributed by atoms with Gasteiger partial charge in [0.15, 0.2) is 14.4 Å². The zero-order valence-electron chi connectivity index (χ0n) is 18.4. The summed E-state index contributed by atoms with van der Waals surface area (Å²) in [7, 11) is -1.75. The maximum absolute atomic E-state index is 11.5. The number of hydrogen-bond donors (Lipinski definition) is 0. The van der Waals surface area contributed by atoms with Gasteiger partial charge in [0.1, 0.15) is 0 Å². The molecule has 0 saturated heterocycles. The van der Waals surface area contributed by atoms with Crippen molar-refractivity contribution in [2.24, 2.45) is 5.11 Å². The fraction of sp³-hybridized carbons (Fsp3) is 0.500. The molecule has 1 aromatic rings. The molecule has 1 aromatic carbocycles. The van der Waals surface area contributed by atoms with Crippen LogP contribution in [0.2, 0.25) is 18.1 Å². The number of benzene rings is 1. The second kappa shape index (κ2) is 10.9. The molecule has 0 aromatic heterocycles. The van der Waals surface area contributed by atoms with E-state index in [1.807, 2.05) is 13.0 Å². The normalized spacial score (nSPS) is 13.0. The molecule has 0 aliphatic rings. The summed E-state index contributed by atoms with van der Waals surface area (Å²) in [6, 6.07) is 6.93. The van der Waals surface area contributed by atoms with E-state index in [1.54, 1.807) is 24.3 Å². The molecule has 0 aliphatic heterocycles. The maximum atomic E-state index is 11.5. The summed E-state index contributed by atoms with van der Waals surface area (Å²) in [5.74, 6) is 5.56.